The van der Waals surface area contributed by atoms with E-state index in [1.54, 1.807) is 20.8 Å². The fraction of sp³-hybridized carbons (Fsp3) is 0.412. The first-order valence-electron chi connectivity index (χ1n) is 6.88. The molecule has 0 aliphatic rings. The van der Waals surface area contributed by atoms with Crippen molar-refractivity contribution in [2.75, 3.05) is 0 Å². The Morgan fingerprint density at radius 3 is 2.29 bits per heavy atom. The molecule has 0 unspecified atom stereocenters. The second-order valence-electron chi connectivity index (χ2n) is 5.75. The Bertz CT molecular complexity index is 497. The lowest BCUT2D eigenvalue weighted by molar-refractivity contribution is -0.150. The Hall–Kier alpha value is -2.10. The molecular formula is C17H22O4. The molecule has 0 saturated heterocycles. The van der Waals surface area contributed by atoms with E-state index < -0.39 is 11.6 Å². The summed E-state index contributed by atoms with van der Waals surface area (Å²) in [6.07, 6.45) is 0.355. The SMILES string of the molecule is C=C(CCC(=O)OCc1ccccc1)C(=O)OC(C)(C)C. The third-order valence-corrected chi connectivity index (χ3v) is 2.56. The molecule has 0 saturated carbocycles. The van der Waals surface area contributed by atoms with Crippen LogP contribution in [0.1, 0.15) is 39.2 Å². The van der Waals surface area contributed by atoms with Gasteiger partial charge in [-0.15, -0.1) is 0 Å². The summed E-state index contributed by atoms with van der Waals surface area (Å²) in [5.41, 5.74) is 0.645. The van der Waals surface area contributed by atoms with Crippen LogP contribution in [0, 0.1) is 0 Å². The Labute approximate surface area is 125 Å². The van der Waals surface area contributed by atoms with Gasteiger partial charge in [0, 0.05) is 12.0 Å². The number of carbonyl (C=O) groups is 2. The molecule has 0 amide bonds. The first kappa shape index (κ1) is 17.0. The fourth-order valence-corrected chi connectivity index (χ4v) is 1.52. The van der Waals surface area contributed by atoms with Crippen LogP contribution in [0.25, 0.3) is 0 Å². The maximum atomic E-state index is 11.7. The van der Waals surface area contributed by atoms with Crippen molar-refractivity contribution in [1.29, 1.82) is 0 Å². The van der Waals surface area contributed by atoms with Gasteiger partial charge in [0.05, 0.1) is 0 Å². The van der Waals surface area contributed by atoms with Crippen molar-refractivity contribution in [1.82, 2.24) is 0 Å². The van der Waals surface area contributed by atoms with Crippen LogP contribution < -0.4 is 0 Å². The number of carbonyl (C=O) groups excluding carboxylic acids is 2. The zero-order valence-electron chi connectivity index (χ0n) is 12.8. The Kier molecular flexibility index (Phi) is 6.15. The van der Waals surface area contributed by atoms with Crippen LogP contribution in [0.15, 0.2) is 42.5 Å². The molecule has 0 aliphatic heterocycles. The number of benzene rings is 1. The number of hydrogen-bond donors (Lipinski definition) is 0. The summed E-state index contributed by atoms with van der Waals surface area (Å²) in [5, 5.41) is 0. The largest absolute Gasteiger partial charge is 0.461 e. The third kappa shape index (κ3) is 7.30. The number of ether oxygens (including phenoxy) is 2. The molecule has 0 heterocycles. The summed E-state index contributed by atoms with van der Waals surface area (Å²) in [6, 6.07) is 9.43. The van der Waals surface area contributed by atoms with Crippen molar-refractivity contribution in [3.05, 3.63) is 48.0 Å². The van der Waals surface area contributed by atoms with Gasteiger partial charge in [-0.05, 0) is 32.8 Å². The van der Waals surface area contributed by atoms with Gasteiger partial charge in [-0.2, -0.15) is 0 Å². The van der Waals surface area contributed by atoms with Crippen molar-refractivity contribution >= 4 is 11.9 Å². The molecule has 114 valence electrons. The molecule has 21 heavy (non-hydrogen) atoms. The molecule has 0 radical (unpaired) electrons. The quantitative estimate of drug-likeness (QED) is 0.595. The predicted octanol–water partition coefficient (Wildman–Crippen LogP) is 3.41. The summed E-state index contributed by atoms with van der Waals surface area (Å²) < 4.78 is 10.3. The minimum absolute atomic E-state index is 0.116. The van der Waals surface area contributed by atoms with Crippen LogP contribution in [0.3, 0.4) is 0 Å². The van der Waals surface area contributed by atoms with Crippen LogP contribution in [0.4, 0.5) is 0 Å². The zero-order chi connectivity index (χ0) is 15.9. The molecule has 1 rings (SSSR count). The molecule has 4 nitrogen and oxygen atoms in total. The first-order valence-corrected chi connectivity index (χ1v) is 6.88. The molecule has 0 aliphatic carbocycles. The zero-order valence-corrected chi connectivity index (χ0v) is 12.8. The van der Waals surface area contributed by atoms with Crippen LogP contribution in [0.5, 0.6) is 0 Å². The van der Waals surface area contributed by atoms with Gasteiger partial charge in [0.1, 0.15) is 12.2 Å². The van der Waals surface area contributed by atoms with Crippen molar-refractivity contribution in [2.45, 2.75) is 45.8 Å². The summed E-state index contributed by atoms with van der Waals surface area (Å²) in [6.45, 7) is 9.23. The van der Waals surface area contributed by atoms with Crippen LogP contribution in [-0.2, 0) is 25.7 Å². The number of rotatable bonds is 6. The highest BCUT2D eigenvalue weighted by Gasteiger charge is 2.19. The van der Waals surface area contributed by atoms with Crippen molar-refractivity contribution in [3.63, 3.8) is 0 Å². The summed E-state index contributed by atoms with van der Waals surface area (Å²) >= 11 is 0. The van der Waals surface area contributed by atoms with E-state index in [0.717, 1.165) is 5.56 Å². The Morgan fingerprint density at radius 1 is 1.10 bits per heavy atom. The van der Waals surface area contributed by atoms with E-state index in [0.29, 0.717) is 0 Å². The summed E-state index contributed by atoms with van der Waals surface area (Å²) in [5.74, 6) is -0.832. The minimum atomic E-state index is -0.562. The molecule has 0 spiro atoms. The molecule has 1 aromatic rings. The number of esters is 2. The van der Waals surface area contributed by atoms with Gasteiger partial charge in [-0.1, -0.05) is 36.9 Å². The molecule has 1 aromatic carbocycles. The van der Waals surface area contributed by atoms with Gasteiger partial charge in [-0.25, -0.2) is 4.79 Å². The van der Waals surface area contributed by atoms with Crippen LogP contribution >= 0.6 is 0 Å². The topological polar surface area (TPSA) is 52.6 Å². The second-order valence-corrected chi connectivity index (χ2v) is 5.75. The van der Waals surface area contributed by atoms with Crippen LogP contribution in [-0.4, -0.2) is 17.5 Å². The highest BCUT2D eigenvalue weighted by Crippen LogP contribution is 2.13. The lowest BCUT2D eigenvalue weighted by atomic mass is 10.1. The van der Waals surface area contributed by atoms with Gasteiger partial charge in [0.2, 0.25) is 0 Å². The summed E-state index contributed by atoms with van der Waals surface area (Å²) in [7, 11) is 0. The fourth-order valence-electron chi connectivity index (χ4n) is 1.52. The van der Waals surface area contributed by atoms with Gasteiger partial charge < -0.3 is 9.47 Å². The molecular weight excluding hydrogens is 268 g/mol. The molecule has 0 fully saturated rings. The minimum Gasteiger partial charge on any atom is -0.461 e. The highest BCUT2D eigenvalue weighted by atomic mass is 16.6. The molecule has 0 atom stereocenters. The molecule has 0 N–H and O–H groups in total. The monoisotopic (exact) mass is 290 g/mol. The van der Waals surface area contributed by atoms with E-state index in [2.05, 4.69) is 6.58 Å². The number of hydrogen-bond acceptors (Lipinski definition) is 4. The van der Waals surface area contributed by atoms with E-state index in [1.807, 2.05) is 30.3 Å². The lowest BCUT2D eigenvalue weighted by Crippen LogP contribution is -2.24. The lowest BCUT2D eigenvalue weighted by Gasteiger charge is -2.20. The third-order valence-electron chi connectivity index (χ3n) is 2.56. The van der Waals surface area contributed by atoms with Crippen molar-refractivity contribution in [2.24, 2.45) is 0 Å². The average molecular weight is 290 g/mol. The normalized spacial score (nSPS) is 10.8. The molecule has 0 aromatic heterocycles. The van der Waals surface area contributed by atoms with Gasteiger partial charge in [0.25, 0.3) is 0 Å². The van der Waals surface area contributed by atoms with Gasteiger partial charge in [-0.3, -0.25) is 4.79 Å². The maximum Gasteiger partial charge on any atom is 0.333 e. The van der Waals surface area contributed by atoms with E-state index in [1.165, 1.54) is 0 Å². The predicted molar refractivity (Wildman–Crippen MR) is 80.5 cm³/mol. The van der Waals surface area contributed by atoms with E-state index in [9.17, 15) is 9.59 Å². The standard InChI is InChI=1S/C17H22O4/c1-13(16(19)21-17(2,3)4)10-11-15(18)20-12-14-8-6-5-7-9-14/h5-9H,1,10-12H2,2-4H3. The van der Waals surface area contributed by atoms with Gasteiger partial charge >= 0.3 is 11.9 Å². The smallest absolute Gasteiger partial charge is 0.333 e. The van der Waals surface area contributed by atoms with E-state index >= 15 is 0 Å². The van der Waals surface area contributed by atoms with Crippen molar-refractivity contribution < 1.29 is 19.1 Å². The van der Waals surface area contributed by atoms with Gasteiger partial charge in [0.15, 0.2) is 0 Å². The first-order chi connectivity index (χ1) is 9.78. The Balaban J connectivity index is 2.29. The van der Waals surface area contributed by atoms with E-state index in [-0.39, 0.29) is 31.0 Å². The molecule has 0 bridgehead atoms. The highest BCUT2D eigenvalue weighted by molar-refractivity contribution is 5.88. The average Bonchev–Trinajstić information content (AvgIpc) is 2.41. The second kappa shape index (κ2) is 7.62. The Morgan fingerprint density at radius 2 is 1.71 bits per heavy atom. The summed E-state index contributed by atoms with van der Waals surface area (Å²) in [4.78, 5) is 23.3. The molecule has 4 heteroatoms. The van der Waals surface area contributed by atoms with E-state index in [4.69, 9.17) is 9.47 Å². The van der Waals surface area contributed by atoms with Crippen molar-refractivity contribution in [3.8, 4) is 0 Å². The van der Waals surface area contributed by atoms with Crippen LogP contribution in [0.2, 0.25) is 0 Å². The maximum absolute atomic E-state index is 11.7.